The first kappa shape index (κ1) is 14.7. The van der Waals surface area contributed by atoms with Crippen LogP contribution in [0.1, 0.15) is 0 Å². The van der Waals surface area contributed by atoms with Crippen molar-refractivity contribution in [3.63, 3.8) is 0 Å². The molecule has 0 saturated carbocycles. The highest BCUT2D eigenvalue weighted by Crippen LogP contribution is 2.27. The predicted molar refractivity (Wildman–Crippen MR) is 78.7 cm³/mol. The summed E-state index contributed by atoms with van der Waals surface area (Å²) in [6.07, 6.45) is 1.38. The van der Waals surface area contributed by atoms with E-state index in [1.54, 1.807) is 19.2 Å². The zero-order valence-electron chi connectivity index (χ0n) is 10.4. The molecule has 0 spiro atoms. The Balaban J connectivity index is 2.41. The highest BCUT2D eigenvalue weighted by molar-refractivity contribution is 9.10. The molecule has 5 nitrogen and oxygen atoms in total. The molecule has 0 bridgehead atoms. The van der Waals surface area contributed by atoms with Gasteiger partial charge in [-0.1, -0.05) is 0 Å². The number of anilines is 2. The standard InChI is InChI=1S/C12H11BrFN3O2S/c1-15-11-3-2-6-16-12(11)20(18,19)17-10-5-4-8(14)7-9(10)13/h2-7,15,17H,1H3. The van der Waals surface area contributed by atoms with Gasteiger partial charge < -0.3 is 5.32 Å². The van der Waals surface area contributed by atoms with Crippen molar-refractivity contribution in [1.82, 2.24) is 4.98 Å². The van der Waals surface area contributed by atoms with Crippen molar-refractivity contribution in [3.05, 3.63) is 46.8 Å². The normalized spacial score (nSPS) is 11.2. The van der Waals surface area contributed by atoms with Crippen LogP contribution in [0, 0.1) is 5.82 Å². The van der Waals surface area contributed by atoms with Crippen molar-refractivity contribution in [2.75, 3.05) is 17.1 Å². The molecule has 1 aromatic heterocycles. The van der Waals surface area contributed by atoms with Gasteiger partial charge in [0.25, 0.3) is 10.0 Å². The van der Waals surface area contributed by atoms with Crippen molar-refractivity contribution in [2.24, 2.45) is 0 Å². The van der Waals surface area contributed by atoms with Crippen LogP contribution in [0.5, 0.6) is 0 Å². The maximum Gasteiger partial charge on any atom is 0.281 e. The summed E-state index contributed by atoms with van der Waals surface area (Å²) in [6.45, 7) is 0. The van der Waals surface area contributed by atoms with Gasteiger partial charge in [0, 0.05) is 17.7 Å². The van der Waals surface area contributed by atoms with E-state index in [0.29, 0.717) is 10.2 Å². The molecular formula is C12H11BrFN3O2S. The lowest BCUT2D eigenvalue weighted by Gasteiger charge is -2.11. The molecule has 0 atom stereocenters. The molecule has 1 heterocycles. The van der Waals surface area contributed by atoms with Crippen LogP contribution in [0.2, 0.25) is 0 Å². The number of pyridine rings is 1. The minimum absolute atomic E-state index is 0.126. The Labute approximate surface area is 124 Å². The maximum atomic E-state index is 13.0. The molecule has 2 aromatic rings. The third-order valence-electron chi connectivity index (χ3n) is 2.47. The van der Waals surface area contributed by atoms with Crippen molar-refractivity contribution in [2.45, 2.75) is 5.03 Å². The zero-order chi connectivity index (χ0) is 14.8. The molecule has 0 saturated heterocycles. The number of sulfonamides is 1. The highest BCUT2D eigenvalue weighted by Gasteiger charge is 2.20. The third-order valence-corrected chi connectivity index (χ3v) is 4.45. The van der Waals surface area contributed by atoms with E-state index < -0.39 is 15.8 Å². The van der Waals surface area contributed by atoms with Gasteiger partial charge in [-0.05, 0) is 46.3 Å². The highest BCUT2D eigenvalue weighted by atomic mass is 79.9. The third kappa shape index (κ3) is 3.07. The molecule has 0 aliphatic carbocycles. The smallest absolute Gasteiger partial charge is 0.281 e. The fourth-order valence-corrected chi connectivity index (χ4v) is 3.37. The molecule has 0 fully saturated rings. The lowest BCUT2D eigenvalue weighted by Crippen LogP contribution is -2.16. The average molecular weight is 360 g/mol. The van der Waals surface area contributed by atoms with Gasteiger partial charge in [-0.15, -0.1) is 0 Å². The zero-order valence-corrected chi connectivity index (χ0v) is 12.8. The molecule has 2 rings (SSSR count). The van der Waals surface area contributed by atoms with Crippen LogP contribution in [0.15, 0.2) is 46.0 Å². The predicted octanol–water partition coefficient (Wildman–Crippen LogP) is 2.83. The van der Waals surface area contributed by atoms with E-state index in [9.17, 15) is 12.8 Å². The van der Waals surface area contributed by atoms with Gasteiger partial charge in [-0.2, -0.15) is 8.42 Å². The summed E-state index contributed by atoms with van der Waals surface area (Å²) in [6, 6.07) is 6.90. The van der Waals surface area contributed by atoms with Crippen molar-refractivity contribution in [3.8, 4) is 0 Å². The van der Waals surface area contributed by atoms with Gasteiger partial charge in [0.1, 0.15) is 5.82 Å². The summed E-state index contributed by atoms with van der Waals surface area (Å²) in [5.41, 5.74) is 0.609. The van der Waals surface area contributed by atoms with Gasteiger partial charge in [0.2, 0.25) is 0 Å². The molecule has 1 aromatic carbocycles. The van der Waals surface area contributed by atoms with E-state index in [0.717, 1.165) is 0 Å². The fraction of sp³-hybridized carbons (Fsp3) is 0.0833. The quantitative estimate of drug-likeness (QED) is 0.880. The average Bonchev–Trinajstić information content (AvgIpc) is 2.42. The number of hydrogen-bond acceptors (Lipinski definition) is 4. The van der Waals surface area contributed by atoms with Crippen molar-refractivity contribution >= 4 is 37.3 Å². The fourth-order valence-electron chi connectivity index (χ4n) is 1.56. The first-order chi connectivity index (χ1) is 9.44. The van der Waals surface area contributed by atoms with E-state index in [-0.39, 0.29) is 10.7 Å². The van der Waals surface area contributed by atoms with Crippen LogP contribution in [0.4, 0.5) is 15.8 Å². The Morgan fingerprint density at radius 1 is 1.25 bits per heavy atom. The van der Waals surface area contributed by atoms with E-state index in [4.69, 9.17) is 0 Å². The first-order valence-corrected chi connectivity index (χ1v) is 7.82. The van der Waals surface area contributed by atoms with Gasteiger partial charge in [0.15, 0.2) is 5.03 Å². The minimum atomic E-state index is -3.87. The summed E-state index contributed by atoms with van der Waals surface area (Å²) in [4.78, 5) is 3.86. The Morgan fingerprint density at radius 2 is 2.00 bits per heavy atom. The largest absolute Gasteiger partial charge is 0.386 e. The summed E-state index contributed by atoms with van der Waals surface area (Å²) in [7, 11) is -2.27. The SMILES string of the molecule is CNc1cccnc1S(=O)(=O)Nc1ccc(F)cc1Br. The van der Waals surface area contributed by atoms with Gasteiger partial charge in [0.05, 0.1) is 11.4 Å². The molecule has 2 N–H and O–H groups in total. The van der Waals surface area contributed by atoms with Crippen LogP contribution >= 0.6 is 15.9 Å². The van der Waals surface area contributed by atoms with E-state index >= 15 is 0 Å². The second-order valence-corrected chi connectivity index (χ2v) is 6.29. The van der Waals surface area contributed by atoms with Gasteiger partial charge in [-0.25, -0.2) is 9.37 Å². The molecule has 0 aliphatic heterocycles. The Morgan fingerprint density at radius 3 is 2.65 bits per heavy atom. The summed E-state index contributed by atoms with van der Waals surface area (Å²) < 4.78 is 40.2. The topological polar surface area (TPSA) is 71.1 Å². The molecule has 0 amide bonds. The number of halogens is 2. The second kappa shape index (κ2) is 5.76. The molecular weight excluding hydrogens is 349 g/mol. The van der Waals surface area contributed by atoms with Crippen molar-refractivity contribution < 1.29 is 12.8 Å². The molecule has 106 valence electrons. The number of nitrogens with zero attached hydrogens (tertiary/aromatic N) is 1. The molecule has 0 radical (unpaired) electrons. The first-order valence-electron chi connectivity index (χ1n) is 5.54. The molecule has 8 heteroatoms. The molecule has 0 aliphatic rings. The number of aromatic nitrogens is 1. The summed E-state index contributed by atoms with van der Waals surface area (Å²) in [5.74, 6) is -0.464. The van der Waals surface area contributed by atoms with Crippen LogP contribution in [0.25, 0.3) is 0 Å². The Bertz CT molecular complexity index is 737. The molecule has 0 unspecified atom stereocenters. The van der Waals surface area contributed by atoms with Gasteiger partial charge in [-0.3, -0.25) is 4.72 Å². The number of rotatable bonds is 4. The lowest BCUT2D eigenvalue weighted by atomic mass is 10.3. The number of nitrogens with one attached hydrogen (secondary N) is 2. The van der Waals surface area contributed by atoms with Crippen molar-refractivity contribution in [1.29, 1.82) is 0 Å². The minimum Gasteiger partial charge on any atom is -0.386 e. The Hall–Kier alpha value is -1.67. The monoisotopic (exact) mass is 359 g/mol. The van der Waals surface area contributed by atoms with Crippen LogP contribution in [0.3, 0.4) is 0 Å². The van der Waals surface area contributed by atoms with Crippen LogP contribution < -0.4 is 10.0 Å². The summed E-state index contributed by atoms with van der Waals surface area (Å²) >= 11 is 3.10. The van der Waals surface area contributed by atoms with E-state index in [1.165, 1.54) is 24.4 Å². The van der Waals surface area contributed by atoms with Crippen LogP contribution in [-0.4, -0.2) is 20.4 Å². The number of benzene rings is 1. The number of hydrogen-bond donors (Lipinski definition) is 2. The van der Waals surface area contributed by atoms with E-state index in [2.05, 4.69) is 31.0 Å². The lowest BCUT2D eigenvalue weighted by molar-refractivity contribution is 0.597. The van der Waals surface area contributed by atoms with Crippen LogP contribution in [-0.2, 0) is 10.0 Å². The molecule has 20 heavy (non-hydrogen) atoms. The van der Waals surface area contributed by atoms with E-state index in [1.807, 2.05) is 0 Å². The second-order valence-electron chi connectivity index (χ2n) is 3.84. The Kier molecular flexibility index (Phi) is 4.24. The summed E-state index contributed by atoms with van der Waals surface area (Å²) in [5, 5.41) is 2.63. The maximum absolute atomic E-state index is 13.0. The van der Waals surface area contributed by atoms with Gasteiger partial charge >= 0.3 is 0 Å².